The Kier molecular flexibility index (Phi) is 9.75. The Morgan fingerprint density at radius 1 is 0.204 bits per heavy atom. The van der Waals surface area contributed by atoms with Crippen LogP contribution in [0.4, 0.5) is 0 Å². The smallest absolute Gasteiger partial charge is 0.161 e. The lowest BCUT2D eigenvalue weighted by Crippen LogP contribution is -2.05. The van der Waals surface area contributed by atoms with Crippen LogP contribution in [0.25, 0.3) is 162 Å². The molecule has 6 nitrogen and oxygen atoms in total. The van der Waals surface area contributed by atoms with E-state index < -0.39 is 0 Å². The summed E-state index contributed by atoms with van der Waals surface area (Å²) in [6.07, 6.45) is 1.84. The standard InChI is InChI=1S/C87H54O6/c1-88-67-34-55-31-59-38-71(92-41-62-29-53-20-17-47-8-5-44-11-14-50-23-26-65(62)86-80(50)74(44)77(47)83(53)86)69(90-3)36-57(59)33-60-39-72(93-42-63-30-54-21-18-48-9-6-45-12-15-51-24-27-66(63)87-81(51)75(45)78(48)84(54)87)68(89-2)35-56(60)32-58(55)37-70(67)91-40-61-28-52-19-16-46-7-4-43-10-13-49-22-25-64(61)85-79(49)73(43)76(46)82(52)85/h4-30,34-39H,31-33,40-42H2,1-3H3. The molecule has 0 heterocycles. The van der Waals surface area contributed by atoms with Gasteiger partial charge in [-0.15, -0.1) is 0 Å². The molecule has 0 radical (unpaired) electrons. The largest absolute Gasteiger partial charge is 0.493 e. The average molecular weight is 1200 g/mol. The van der Waals surface area contributed by atoms with E-state index in [4.69, 9.17) is 28.4 Å². The van der Waals surface area contributed by atoms with Crippen molar-refractivity contribution in [1.82, 2.24) is 0 Å². The van der Waals surface area contributed by atoms with E-state index in [0.29, 0.717) is 73.6 Å². The zero-order valence-corrected chi connectivity index (χ0v) is 51.2. The number of ether oxygens (including phenoxy) is 6. The van der Waals surface area contributed by atoms with Crippen LogP contribution in [-0.4, -0.2) is 21.3 Å². The van der Waals surface area contributed by atoms with Crippen LogP contribution in [0.1, 0.15) is 50.1 Å². The highest BCUT2D eigenvalue weighted by atomic mass is 16.5. The van der Waals surface area contributed by atoms with Gasteiger partial charge in [0, 0.05) is 0 Å². The van der Waals surface area contributed by atoms with Gasteiger partial charge in [-0.05, 0) is 286 Å². The van der Waals surface area contributed by atoms with Gasteiger partial charge in [0.2, 0.25) is 0 Å². The quantitative estimate of drug-likeness (QED) is 0.114. The third-order valence-corrected chi connectivity index (χ3v) is 22.1. The molecule has 0 amide bonds. The Balaban J connectivity index is 0.667. The van der Waals surface area contributed by atoms with Gasteiger partial charge in [-0.25, -0.2) is 0 Å². The molecule has 438 valence electrons. The van der Waals surface area contributed by atoms with Gasteiger partial charge in [-0.3, -0.25) is 0 Å². The summed E-state index contributed by atoms with van der Waals surface area (Å²) in [6.45, 7) is 1.08. The average Bonchev–Trinajstić information content (AvgIpc) is 1.55. The summed E-state index contributed by atoms with van der Waals surface area (Å²) in [6, 6.07) is 74.9. The third-order valence-electron chi connectivity index (χ3n) is 22.1. The number of hydrogen-bond acceptors (Lipinski definition) is 6. The summed E-state index contributed by atoms with van der Waals surface area (Å²) in [7, 11) is 5.25. The molecule has 6 heteroatoms. The van der Waals surface area contributed by atoms with Gasteiger partial charge in [0.15, 0.2) is 34.5 Å². The molecule has 0 aliphatic heterocycles. The zero-order chi connectivity index (χ0) is 60.8. The van der Waals surface area contributed by atoms with Crippen molar-refractivity contribution in [3.8, 4) is 34.5 Å². The maximum Gasteiger partial charge on any atom is 0.161 e. The topological polar surface area (TPSA) is 55.4 Å². The monoisotopic (exact) mass is 1190 g/mol. The van der Waals surface area contributed by atoms with E-state index >= 15 is 0 Å². The van der Waals surface area contributed by atoms with E-state index in [-0.39, 0.29) is 0 Å². The fourth-order valence-electron chi connectivity index (χ4n) is 17.9. The Hall–Kier alpha value is -11.3. The second-order valence-electron chi connectivity index (χ2n) is 26.6. The predicted molar refractivity (Wildman–Crippen MR) is 383 cm³/mol. The maximum absolute atomic E-state index is 7.12. The van der Waals surface area contributed by atoms with Crippen molar-refractivity contribution in [2.45, 2.75) is 39.1 Å². The summed E-state index contributed by atoms with van der Waals surface area (Å²) >= 11 is 0. The Labute approximate surface area is 532 Å². The van der Waals surface area contributed by atoms with Gasteiger partial charge in [0.25, 0.3) is 0 Å². The minimum atomic E-state index is 0.362. The van der Waals surface area contributed by atoms with Gasteiger partial charge in [0.1, 0.15) is 19.8 Å². The molecule has 0 aromatic heterocycles. The van der Waals surface area contributed by atoms with E-state index in [2.05, 4.69) is 200 Å². The van der Waals surface area contributed by atoms with Gasteiger partial charge >= 0.3 is 0 Å². The second kappa shape index (κ2) is 18.0. The molecule has 93 heavy (non-hydrogen) atoms. The van der Waals surface area contributed by atoms with Gasteiger partial charge in [0.05, 0.1) is 21.3 Å². The molecule has 0 fully saturated rings. The van der Waals surface area contributed by atoms with Crippen molar-refractivity contribution in [3.63, 3.8) is 0 Å². The van der Waals surface area contributed by atoms with E-state index in [0.717, 1.165) is 50.1 Å². The van der Waals surface area contributed by atoms with E-state index in [1.165, 1.54) is 162 Å². The van der Waals surface area contributed by atoms with Crippen LogP contribution in [-0.2, 0) is 39.1 Å². The van der Waals surface area contributed by atoms with Crippen LogP contribution in [0.3, 0.4) is 0 Å². The van der Waals surface area contributed by atoms with Gasteiger partial charge in [-0.2, -0.15) is 0 Å². The lowest BCUT2D eigenvalue weighted by atomic mass is 9.94. The van der Waals surface area contributed by atoms with Crippen LogP contribution in [0, 0.1) is 0 Å². The first-order valence-corrected chi connectivity index (χ1v) is 32.4. The Morgan fingerprint density at radius 3 is 0.613 bits per heavy atom. The molecule has 0 bridgehead atoms. The molecule has 0 saturated carbocycles. The van der Waals surface area contributed by atoms with E-state index in [1.54, 1.807) is 21.3 Å². The fraction of sp³-hybridized carbons (Fsp3) is 0.103. The summed E-state index contributed by atoms with van der Waals surface area (Å²) in [5, 5.41) is 39.1. The third kappa shape index (κ3) is 6.66. The van der Waals surface area contributed by atoms with E-state index in [9.17, 15) is 0 Å². The first-order chi connectivity index (χ1) is 45.9. The van der Waals surface area contributed by atoms with Crippen LogP contribution >= 0.6 is 0 Å². The summed E-state index contributed by atoms with van der Waals surface area (Å²) in [5.74, 6) is 4.14. The van der Waals surface area contributed by atoms with Crippen LogP contribution in [0.2, 0.25) is 0 Å². The minimum absolute atomic E-state index is 0.362. The van der Waals surface area contributed by atoms with Gasteiger partial charge < -0.3 is 28.4 Å². The van der Waals surface area contributed by atoms with E-state index in [1.807, 2.05) is 0 Å². The minimum Gasteiger partial charge on any atom is -0.493 e. The molecular formula is C87H54O6. The molecular weight excluding hydrogens is 1140 g/mol. The summed E-state index contributed by atoms with van der Waals surface area (Å²) in [5.41, 5.74) is 10.2. The Morgan fingerprint density at radius 2 is 0.387 bits per heavy atom. The highest BCUT2D eigenvalue weighted by Crippen LogP contribution is 2.53. The van der Waals surface area contributed by atoms with Crippen LogP contribution < -0.4 is 28.4 Å². The molecule has 1 aliphatic carbocycles. The maximum atomic E-state index is 7.12. The fourth-order valence-corrected chi connectivity index (χ4v) is 17.9. The second-order valence-corrected chi connectivity index (χ2v) is 26.6. The molecule has 1 aliphatic rings. The van der Waals surface area contributed by atoms with Crippen molar-refractivity contribution in [3.05, 3.63) is 250 Å². The van der Waals surface area contributed by atoms with Crippen molar-refractivity contribution in [2.24, 2.45) is 0 Å². The SMILES string of the molecule is COc1cc2c(cc1OCc1cc3ccc4ccc5ccc6ccc1c1c6c5c4c31)Cc1cc(OC)c(OCc3cc4ccc5ccc6ccc7ccc3c3c7c6c5c43)cc1Cc1cc(OC)c(OCc3cc4ccc5ccc6ccc7ccc3c3c7c6c5c43)cc1C2. The van der Waals surface area contributed by atoms with Crippen molar-refractivity contribution < 1.29 is 28.4 Å². The van der Waals surface area contributed by atoms with Crippen molar-refractivity contribution in [2.75, 3.05) is 21.3 Å². The first kappa shape index (κ1) is 50.4. The van der Waals surface area contributed by atoms with Crippen molar-refractivity contribution >= 4 is 162 Å². The molecule has 0 N–H and O–H groups in total. The summed E-state index contributed by atoms with van der Waals surface area (Å²) in [4.78, 5) is 0. The van der Waals surface area contributed by atoms with Gasteiger partial charge in [-0.1, -0.05) is 146 Å². The summed E-state index contributed by atoms with van der Waals surface area (Å²) < 4.78 is 40.4. The molecule has 0 unspecified atom stereocenters. The first-order valence-electron chi connectivity index (χ1n) is 32.4. The van der Waals surface area contributed by atoms with Crippen molar-refractivity contribution in [1.29, 1.82) is 0 Å². The highest BCUT2D eigenvalue weighted by Gasteiger charge is 2.28. The van der Waals surface area contributed by atoms with Crippen LogP contribution in [0.15, 0.2) is 200 Å². The lowest BCUT2D eigenvalue weighted by molar-refractivity contribution is 0.285. The molecule has 0 saturated heterocycles. The Bertz CT molecular complexity index is 5890. The normalized spacial score (nSPS) is 13.3. The lowest BCUT2D eigenvalue weighted by Gasteiger charge is -2.19. The number of fused-ring (bicyclic) bond motifs is 3. The molecule has 21 aromatic carbocycles. The molecule has 0 spiro atoms. The van der Waals surface area contributed by atoms with Crippen LogP contribution in [0.5, 0.6) is 34.5 Å². The number of hydrogen-bond donors (Lipinski definition) is 0. The molecule has 0 atom stereocenters. The number of rotatable bonds is 12. The number of benzene rings is 18. The predicted octanol–water partition coefficient (Wildman–Crippen LogP) is 21.8. The molecule has 21 aromatic rings. The molecule has 22 rings (SSSR count). The number of methoxy groups -OCH3 is 3. The zero-order valence-electron chi connectivity index (χ0n) is 51.2. The highest BCUT2D eigenvalue weighted by molar-refractivity contribution is 6.47.